The molecule has 8 heteroatoms. The summed E-state index contributed by atoms with van der Waals surface area (Å²) in [4.78, 5) is 12.5. The zero-order valence-corrected chi connectivity index (χ0v) is 18.9. The van der Waals surface area contributed by atoms with Crippen molar-refractivity contribution in [1.82, 2.24) is 14.8 Å². The van der Waals surface area contributed by atoms with Crippen LogP contribution in [0.3, 0.4) is 0 Å². The Kier molecular flexibility index (Phi) is 7.36. The Morgan fingerprint density at radius 1 is 1.00 bits per heavy atom. The number of aromatic nitrogens is 3. The van der Waals surface area contributed by atoms with Crippen LogP contribution in [-0.4, -0.2) is 33.0 Å². The fourth-order valence-corrected chi connectivity index (χ4v) is 3.98. The number of rotatable bonds is 9. The second-order valence-corrected chi connectivity index (χ2v) is 8.12. The number of halogens is 1. The first-order chi connectivity index (χ1) is 16.1. The van der Waals surface area contributed by atoms with Crippen LogP contribution in [0.25, 0.3) is 11.4 Å². The van der Waals surface area contributed by atoms with Gasteiger partial charge >= 0.3 is 0 Å². The fraction of sp³-hybridized carbons (Fsp3) is 0.160. The van der Waals surface area contributed by atoms with E-state index in [0.29, 0.717) is 29.8 Å². The Morgan fingerprint density at radius 2 is 1.73 bits per heavy atom. The lowest BCUT2D eigenvalue weighted by molar-refractivity contribution is -0.113. The molecule has 3 aromatic carbocycles. The molecule has 4 aromatic rings. The second kappa shape index (κ2) is 10.8. The van der Waals surface area contributed by atoms with Crippen LogP contribution in [0.5, 0.6) is 5.75 Å². The molecule has 0 saturated carbocycles. The highest BCUT2D eigenvalue weighted by molar-refractivity contribution is 7.99. The molecule has 1 amide bonds. The van der Waals surface area contributed by atoms with Gasteiger partial charge in [0.15, 0.2) is 11.0 Å². The molecule has 0 radical (unpaired) electrons. The third-order valence-corrected chi connectivity index (χ3v) is 5.75. The molecule has 0 spiro atoms. The lowest BCUT2D eigenvalue weighted by atomic mass is 10.2. The summed E-state index contributed by atoms with van der Waals surface area (Å²) in [5, 5.41) is 12.1. The van der Waals surface area contributed by atoms with Crippen molar-refractivity contribution >= 4 is 23.4 Å². The first-order valence-corrected chi connectivity index (χ1v) is 11.5. The monoisotopic (exact) mass is 462 g/mol. The van der Waals surface area contributed by atoms with Gasteiger partial charge in [-0.3, -0.25) is 9.36 Å². The average molecular weight is 463 g/mol. The molecule has 4 rings (SSSR count). The number of nitrogens with one attached hydrogen (secondary N) is 1. The topological polar surface area (TPSA) is 69.0 Å². The van der Waals surface area contributed by atoms with Gasteiger partial charge < -0.3 is 10.1 Å². The SMILES string of the molecule is CCOc1ccc(NC(=O)CSc2nnc(-c3ccc(F)cc3)n2Cc2ccccc2)cc1. The van der Waals surface area contributed by atoms with Gasteiger partial charge in [0.1, 0.15) is 11.6 Å². The third kappa shape index (κ3) is 5.98. The maximum absolute atomic E-state index is 13.4. The van der Waals surface area contributed by atoms with Crippen molar-refractivity contribution in [1.29, 1.82) is 0 Å². The first-order valence-electron chi connectivity index (χ1n) is 10.5. The van der Waals surface area contributed by atoms with Crippen LogP contribution in [-0.2, 0) is 11.3 Å². The van der Waals surface area contributed by atoms with Crippen LogP contribution in [0.4, 0.5) is 10.1 Å². The van der Waals surface area contributed by atoms with Gasteiger partial charge in [0.05, 0.1) is 18.9 Å². The summed E-state index contributed by atoms with van der Waals surface area (Å²) in [7, 11) is 0. The van der Waals surface area contributed by atoms with Crippen LogP contribution in [0.15, 0.2) is 84.0 Å². The summed E-state index contributed by atoms with van der Waals surface area (Å²) in [5.74, 6) is 1.08. The molecular weight excluding hydrogens is 439 g/mol. The van der Waals surface area contributed by atoms with E-state index >= 15 is 0 Å². The zero-order valence-electron chi connectivity index (χ0n) is 18.1. The number of hydrogen-bond donors (Lipinski definition) is 1. The summed E-state index contributed by atoms with van der Waals surface area (Å²) in [5.41, 5.74) is 2.52. The fourth-order valence-electron chi connectivity index (χ4n) is 3.24. The number of carbonyl (C=O) groups is 1. The van der Waals surface area contributed by atoms with Crippen molar-refractivity contribution in [2.75, 3.05) is 17.7 Å². The Hall–Kier alpha value is -3.65. The molecule has 168 valence electrons. The smallest absolute Gasteiger partial charge is 0.234 e. The Morgan fingerprint density at radius 3 is 2.42 bits per heavy atom. The summed E-state index contributed by atoms with van der Waals surface area (Å²) in [6, 6.07) is 23.3. The van der Waals surface area contributed by atoms with E-state index in [9.17, 15) is 9.18 Å². The predicted octanol–water partition coefficient (Wildman–Crippen LogP) is 5.26. The van der Waals surface area contributed by atoms with Gasteiger partial charge in [-0.2, -0.15) is 0 Å². The average Bonchev–Trinajstić information content (AvgIpc) is 3.22. The standard InChI is InChI=1S/C25H23FN4O2S/c1-2-32-22-14-12-21(13-15-22)27-23(31)17-33-25-29-28-24(19-8-10-20(26)11-9-19)30(25)16-18-6-4-3-5-7-18/h3-15H,2,16-17H2,1H3,(H,27,31). The van der Waals surface area contributed by atoms with Gasteiger partial charge in [-0.1, -0.05) is 42.1 Å². The molecule has 1 aromatic heterocycles. The van der Waals surface area contributed by atoms with E-state index in [4.69, 9.17) is 4.74 Å². The van der Waals surface area contributed by atoms with Crippen LogP contribution in [0.2, 0.25) is 0 Å². The van der Waals surface area contributed by atoms with Gasteiger partial charge in [-0.25, -0.2) is 4.39 Å². The summed E-state index contributed by atoms with van der Waals surface area (Å²) < 4.78 is 20.8. The molecule has 1 N–H and O–H groups in total. The Labute approximate surface area is 195 Å². The molecule has 0 fully saturated rings. The maximum atomic E-state index is 13.4. The molecule has 6 nitrogen and oxygen atoms in total. The number of thioether (sulfide) groups is 1. The highest BCUT2D eigenvalue weighted by Gasteiger charge is 2.16. The second-order valence-electron chi connectivity index (χ2n) is 7.18. The Bertz CT molecular complexity index is 1200. The van der Waals surface area contributed by atoms with E-state index in [-0.39, 0.29) is 17.5 Å². The molecule has 0 aliphatic heterocycles. The van der Waals surface area contributed by atoms with Gasteiger partial charge in [-0.15, -0.1) is 10.2 Å². The lowest BCUT2D eigenvalue weighted by Crippen LogP contribution is -2.14. The molecule has 0 bridgehead atoms. The zero-order chi connectivity index (χ0) is 23.0. The molecule has 0 aliphatic rings. The van der Waals surface area contributed by atoms with Crippen molar-refractivity contribution in [3.8, 4) is 17.1 Å². The number of anilines is 1. The van der Waals surface area contributed by atoms with Crippen molar-refractivity contribution in [2.45, 2.75) is 18.6 Å². The van der Waals surface area contributed by atoms with E-state index in [0.717, 1.165) is 16.9 Å². The van der Waals surface area contributed by atoms with Crippen molar-refractivity contribution in [3.63, 3.8) is 0 Å². The van der Waals surface area contributed by atoms with Crippen LogP contribution in [0.1, 0.15) is 12.5 Å². The largest absolute Gasteiger partial charge is 0.494 e. The third-order valence-electron chi connectivity index (χ3n) is 4.78. The summed E-state index contributed by atoms with van der Waals surface area (Å²) >= 11 is 1.30. The van der Waals surface area contributed by atoms with E-state index < -0.39 is 0 Å². The van der Waals surface area contributed by atoms with Gasteiger partial charge in [0.2, 0.25) is 5.91 Å². The van der Waals surface area contributed by atoms with Crippen molar-refractivity contribution in [3.05, 3.63) is 90.2 Å². The van der Waals surface area contributed by atoms with Gasteiger partial charge in [-0.05, 0) is 61.0 Å². The molecule has 1 heterocycles. The van der Waals surface area contributed by atoms with Gasteiger partial charge in [0, 0.05) is 11.3 Å². The van der Waals surface area contributed by atoms with Gasteiger partial charge in [0.25, 0.3) is 0 Å². The molecular formula is C25H23FN4O2S. The minimum absolute atomic E-state index is 0.151. The van der Waals surface area contributed by atoms with E-state index in [1.54, 1.807) is 24.3 Å². The highest BCUT2D eigenvalue weighted by Crippen LogP contribution is 2.26. The van der Waals surface area contributed by atoms with Crippen LogP contribution >= 0.6 is 11.8 Å². The Balaban J connectivity index is 1.49. The number of ether oxygens (including phenoxy) is 1. The van der Waals surface area contributed by atoms with E-state index in [1.807, 2.05) is 54.0 Å². The van der Waals surface area contributed by atoms with Crippen LogP contribution < -0.4 is 10.1 Å². The molecule has 0 aliphatic carbocycles. The number of carbonyl (C=O) groups excluding carboxylic acids is 1. The summed E-state index contributed by atoms with van der Waals surface area (Å²) in [6.45, 7) is 3.04. The maximum Gasteiger partial charge on any atom is 0.234 e. The number of hydrogen-bond acceptors (Lipinski definition) is 5. The molecule has 0 atom stereocenters. The van der Waals surface area contributed by atoms with E-state index in [1.165, 1.54) is 23.9 Å². The predicted molar refractivity (Wildman–Crippen MR) is 128 cm³/mol. The van der Waals surface area contributed by atoms with Crippen molar-refractivity contribution < 1.29 is 13.9 Å². The number of benzene rings is 3. The van der Waals surface area contributed by atoms with E-state index in [2.05, 4.69) is 15.5 Å². The molecule has 0 saturated heterocycles. The lowest BCUT2D eigenvalue weighted by Gasteiger charge is -2.11. The normalized spacial score (nSPS) is 10.7. The molecule has 33 heavy (non-hydrogen) atoms. The van der Waals surface area contributed by atoms with Crippen molar-refractivity contribution in [2.24, 2.45) is 0 Å². The number of nitrogens with zero attached hydrogens (tertiary/aromatic N) is 3. The minimum atomic E-state index is -0.312. The number of amides is 1. The summed E-state index contributed by atoms with van der Waals surface area (Å²) in [6.07, 6.45) is 0. The van der Waals surface area contributed by atoms with Crippen LogP contribution in [0, 0.1) is 5.82 Å². The first kappa shape index (κ1) is 22.5. The minimum Gasteiger partial charge on any atom is -0.494 e. The quantitative estimate of drug-likeness (QED) is 0.344. The molecule has 0 unspecified atom stereocenters. The highest BCUT2D eigenvalue weighted by atomic mass is 32.2.